The Bertz CT molecular complexity index is 398. The molecule has 0 saturated carbocycles. The van der Waals surface area contributed by atoms with E-state index in [1.165, 1.54) is 12.1 Å². The molecule has 14 heavy (non-hydrogen) atoms. The van der Waals surface area contributed by atoms with Gasteiger partial charge in [-0.25, -0.2) is 4.79 Å². The highest BCUT2D eigenvalue weighted by Crippen LogP contribution is 2.24. The van der Waals surface area contributed by atoms with Crippen LogP contribution in [0.5, 0.6) is 0 Å². The van der Waals surface area contributed by atoms with Crippen LogP contribution in [0.2, 0.25) is 0 Å². The van der Waals surface area contributed by atoms with E-state index in [1.807, 2.05) is 0 Å². The Balaban J connectivity index is 3.09. The second-order valence-corrected chi connectivity index (χ2v) is 3.40. The number of carbonyl (C=O) groups excluding carboxylic acids is 1. The SMILES string of the molecule is CCOC(=O)c1ccc(Br)cc1[N+]#N. The minimum atomic E-state index is -0.493. The van der Waals surface area contributed by atoms with Crippen LogP contribution in [0.25, 0.3) is 4.98 Å². The molecule has 0 saturated heterocycles. The van der Waals surface area contributed by atoms with Crippen molar-refractivity contribution in [3.63, 3.8) is 0 Å². The number of rotatable bonds is 2. The van der Waals surface area contributed by atoms with Gasteiger partial charge in [0.15, 0.2) is 10.5 Å². The van der Waals surface area contributed by atoms with Crippen LogP contribution in [0, 0.1) is 5.39 Å². The van der Waals surface area contributed by atoms with Gasteiger partial charge in [0.1, 0.15) is 0 Å². The summed E-state index contributed by atoms with van der Waals surface area (Å²) in [5.41, 5.74) is 0.440. The predicted octanol–water partition coefficient (Wildman–Crippen LogP) is 3.11. The molecule has 72 valence electrons. The van der Waals surface area contributed by atoms with E-state index in [4.69, 9.17) is 10.1 Å². The smallest absolute Gasteiger partial charge is 0.400 e. The van der Waals surface area contributed by atoms with Gasteiger partial charge in [-0.05, 0) is 19.1 Å². The van der Waals surface area contributed by atoms with Gasteiger partial charge in [-0.15, -0.1) is 0 Å². The van der Waals surface area contributed by atoms with Crippen LogP contribution in [0.4, 0.5) is 5.69 Å². The number of diazo groups is 1. The minimum absolute atomic E-state index is 0.192. The lowest BCUT2D eigenvalue weighted by atomic mass is 10.2. The van der Waals surface area contributed by atoms with Gasteiger partial charge in [0.25, 0.3) is 0 Å². The fraction of sp³-hybridized carbons (Fsp3) is 0.222. The second-order valence-electron chi connectivity index (χ2n) is 2.48. The molecule has 0 aromatic heterocycles. The summed E-state index contributed by atoms with van der Waals surface area (Å²) in [6, 6.07) is 4.75. The van der Waals surface area contributed by atoms with Crippen molar-refractivity contribution in [2.75, 3.05) is 6.61 Å². The van der Waals surface area contributed by atoms with E-state index in [-0.39, 0.29) is 11.3 Å². The third kappa shape index (κ3) is 2.30. The molecule has 1 aromatic rings. The highest BCUT2D eigenvalue weighted by atomic mass is 79.9. The van der Waals surface area contributed by atoms with Crippen molar-refractivity contribution in [1.82, 2.24) is 0 Å². The number of benzene rings is 1. The number of nitrogens with zero attached hydrogens (tertiary/aromatic N) is 2. The summed E-state index contributed by atoms with van der Waals surface area (Å²) >= 11 is 3.20. The van der Waals surface area contributed by atoms with E-state index in [1.54, 1.807) is 13.0 Å². The molecule has 0 aliphatic heterocycles. The molecule has 0 unspecified atom stereocenters. The zero-order valence-corrected chi connectivity index (χ0v) is 9.11. The summed E-state index contributed by atoms with van der Waals surface area (Å²) < 4.78 is 5.52. The van der Waals surface area contributed by atoms with Gasteiger partial charge >= 0.3 is 11.7 Å². The fourth-order valence-corrected chi connectivity index (χ4v) is 1.32. The summed E-state index contributed by atoms with van der Waals surface area (Å²) in [6.07, 6.45) is 0. The van der Waals surface area contributed by atoms with Crippen molar-refractivity contribution >= 4 is 27.6 Å². The van der Waals surface area contributed by atoms with Gasteiger partial charge in [-0.3, -0.25) is 0 Å². The van der Waals surface area contributed by atoms with Gasteiger partial charge in [0.2, 0.25) is 5.39 Å². The molecule has 0 fully saturated rings. The third-order valence-corrected chi connectivity index (χ3v) is 2.06. The van der Waals surface area contributed by atoms with E-state index in [0.717, 1.165) is 4.47 Å². The van der Waals surface area contributed by atoms with Crippen LogP contribution >= 0.6 is 15.9 Å². The molecule has 0 radical (unpaired) electrons. The van der Waals surface area contributed by atoms with Crippen LogP contribution in [0.15, 0.2) is 22.7 Å². The molecule has 0 atom stereocenters. The van der Waals surface area contributed by atoms with Crippen LogP contribution in [0.3, 0.4) is 0 Å². The highest BCUT2D eigenvalue weighted by molar-refractivity contribution is 9.10. The van der Waals surface area contributed by atoms with Crippen LogP contribution in [0.1, 0.15) is 17.3 Å². The molecule has 0 aliphatic carbocycles. The molecule has 5 heteroatoms. The lowest BCUT2D eigenvalue weighted by Crippen LogP contribution is -2.04. The quantitative estimate of drug-likeness (QED) is 0.603. The molecule has 1 aromatic carbocycles. The molecular formula is C9H8BrN2O2+. The first-order valence-electron chi connectivity index (χ1n) is 4.00. The first-order valence-corrected chi connectivity index (χ1v) is 4.80. The number of hydrogen-bond donors (Lipinski definition) is 0. The summed E-state index contributed by atoms with van der Waals surface area (Å²) in [6.45, 7) is 2.01. The maximum absolute atomic E-state index is 11.3. The molecular weight excluding hydrogens is 248 g/mol. The number of ether oxygens (including phenoxy) is 1. The van der Waals surface area contributed by atoms with Crippen molar-refractivity contribution in [3.05, 3.63) is 33.2 Å². The number of halogens is 1. The van der Waals surface area contributed by atoms with Crippen LogP contribution < -0.4 is 0 Å². The average Bonchev–Trinajstić information content (AvgIpc) is 2.17. The van der Waals surface area contributed by atoms with Gasteiger partial charge in [0.05, 0.1) is 6.61 Å². The summed E-state index contributed by atoms with van der Waals surface area (Å²) in [7, 11) is 0. The van der Waals surface area contributed by atoms with E-state index in [9.17, 15) is 4.79 Å². The Morgan fingerprint density at radius 3 is 2.93 bits per heavy atom. The Labute approximate surface area is 89.6 Å². The van der Waals surface area contributed by atoms with Crippen molar-refractivity contribution in [1.29, 1.82) is 5.39 Å². The molecule has 0 bridgehead atoms. The Morgan fingerprint density at radius 1 is 1.64 bits per heavy atom. The average molecular weight is 256 g/mol. The van der Waals surface area contributed by atoms with E-state index in [0.29, 0.717) is 6.61 Å². The van der Waals surface area contributed by atoms with E-state index in [2.05, 4.69) is 20.9 Å². The molecule has 1 rings (SSSR count). The Hall–Kier alpha value is -1.41. The third-order valence-electron chi connectivity index (χ3n) is 1.56. The molecule has 0 spiro atoms. The Kier molecular flexibility index (Phi) is 3.60. The van der Waals surface area contributed by atoms with Gasteiger partial charge in [-0.2, -0.15) is 0 Å². The summed E-state index contributed by atoms with van der Waals surface area (Å²) in [5, 5.41) is 8.66. The predicted molar refractivity (Wildman–Crippen MR) is 54.8 cm³/mol. The number of carbonyl (C=O) groups is 1. The van der Waals surface area contributed by atoms with Crippen molar-refractivity contribution in [2.24, 2.45) is 0 Å². The van der Waals surface area contributed by atoms with Gasteiger partial charge in [0, 0.05) is 10.5 Å². The van der Waals surface area contributed by atoms with Crippen molar-refractivity contribution in [3.8, 4) is 0 Å². The zero-order chi connectivity index (χ0) is 10.6. The molecule has 0 amide bonds. The molecule has 0 N–H and O–H groups in total. The van der Waals surface area contributed by atoms with Crippen molar-refractivity contribution < 1.29 is 9.53 Å². The molecule has 0 heterocycles. The lowest BCUT2D eigenvalue weighted by Gasteiger charge is -1.98. The zero-order valence-electron chi connectivity index (χ0n) is 7.53. The summed E-state index contributed by atoms with van der Waals surface area (Å²) in [5.74, 6) is -0.493. The van der Waals surface area contributed by atoms with Crippen LogP contribution in [-0.4, -0.2) is 12.6 Å². The van der Waals surface area contributed by atoms with E-state index < -0.39 is 5.97 Å². The first kappa shape index (κ1) is 10.7. The summed E-state index contributed by atoms with van der Waals surface area (Å²) in [4.78, 5) is 14.3. The second kappa shape index (κ2) is 4.72. The lowest BCUT2D eigenvalue weighted by molar-refractivity contribution is 0.0527. The maximum atomic E-state index is 11.3. The van der Waals surface area contributed by atoms with Gasteiger partial charge in [-0.1, -0.05) is 15.9 Å². The fourth-order valence-electron chi connectivity index (χ4n) is 0.969. The van der Waals surface area contributed by atoms with E-state index >= 15 is 0 Å². The normalized spacial score (nSPS) is 9.21. The maximum Gasteiger partial charge on any atom is 0.400 e. The minimum Gasteiger partial charge on any atom is -0.462 e. The largest absolute Gasteiger partial charge is 0.462 e. The van der Waals surface area contributed by atoms with Crippen LogP contribution in [-0.2, 0) is 4.74 Å². The first-order chi connectivity index (χ1) is 6.69. The van der Waals surface area contributed by atoms with Gasteiger partial charge < -0.3 is 4.74 Å². The number of hydrogen-bond acceptors (Lipinski definition) is 3. The molecule has 0 aliphatic rings. The topological polar surface area (TPSA) is 54.5 Å². The highest BCUT2D eigenvalue weighted by Gasteiger charge is 2.21. The van der Waals surface area contributed by atoms with Crippen molar-refractivity contribution in [2.45, 2.75) is 6.92 Å². The Morgan fingerprint density at radius 2 is 2.36 bits per heavy atom. The standard InChI is InChI=1S/C9H8BrN2O2/c1-2-14-9(13)7-4-3-6(10)5-8(7)12-11/h3-5H,2H2,1H3/q+1. The number of esters is 1. The monoisotopic (exact) mass is 255 g/mol. The molecule has 4 nitrogen and oxygen atoms in total.